The van der Waals surface area contributed by atoms with Crippen molar-refractivity contribution in [3.05, 3.63) is 64.7 Å². The van der Waals surface area contributed by atoms with Gasteiger partial charge in [0.05, 0.1) is 4.90 Å². The lowest BCUT2D eigenvalue weighted by atomic mass is 9.84. The Balaban J connectivity index is 1.33. The number of carbonyl (C=O) groups excluding carboxylic acids is 2. The summed E-state index contributed by atoms with van der Waals surface area (Å²) in [6.45, 7) is 8.93. The third kappa shape index (κ3) is 7.20. The molecule has 0 saturated heterocycles. The number of amides is 1. The Bertz CT molecular complexity index is 1280. The van der Waals surface area contributed by atoms with Crippen LogP contribution in [0.4, 0.5) is 0 Å². The molecule has 218 valence electrons. The van der Waals surface area contributed by atoms with Crippen molar-refractivity contribution in [3.8, 4) is 0 Å². The predicted molar refractivity (Wildman–Crippen MR) is 159 cm³/mol. The quantitative estimate of drug-likeness (QED) is 0.416. The highest BCUT2D eigenvalue weighted by Crippen LogP contribution is 2.33. The SMILES string of the molecule is Cc1ccc(S(=O)(=O)N(C(=O)CCN)C2CCC(CCN3CCc4ccc(C(=O)C(C)C)cc4CC3)CC2)cc1. The molecule has 2 aromatic carbocycles. The van der Waals surface area contributed by atoms with E-state index in [9.17, 15) is 18.0 Å². The van der Waals surface area contributed by atoms with Gasteiger partial charge in [0.15, 0.2) is 5.78 Å². The van der Waals surface area contributed by atoms with E-state index in [0.717, 1.165) is 67.2 Å². The molecule has 8 heteroatoms. The molecule has 0 unspecified atom stereocenters. The maximum absolute atomic E-state index is 13.5. The first-order chi connectivity index (χ1) is 19.1. The molecule has 0 bridgehead atoms. The molecule has 1 aliphatic heterocycles. The Morgan fingerprint density at radius 2 is 1.62 bits per heavy atom. The monoisotopic (exact) mass is 567 g/mol. The molecule has 2 N–H and O–H groups in total. The average molecular weight is 568 g/mol. The molecule has 0 spiro atoms. The molecule has 1 fully saturated rings. The summed E-state index contributed by atoms with van der Waals surface area (Å²) in [7, 11) is -3.93. The van der Waals surface area contributed by atoms with Crippen LogP contribution in [0.2, 0.25) is 0 Å². The van der Waals surface area contributed by atoms with Crippen LogP contribution in [0.25, 0.3) is 0 Å². The number of hydrogen-bond donors (Lipinski definition) is 1. The molecule has 0 aromatic heterocycles. The van der Waals surface area contributed by atoms with Crippen LogP contribution in [0.3, 0.4) is 0 Å². The van der Waals surface area contributed by atoms with Crippen LogP contribution in [0.15, 0.2) is 47.4 Å². The van der Waals surface area contributed by atoms with E-state index in [1.165, 1.54) is 11.1 Å². The summed E-state index contributed by atoms with van der Waals surface area (Å²) >= 11 is 0. The minimum absolute atomic E-state index is 0.00370. The van der Waals surface area contributed by atoms with E-state index in [0.29, 0.717) is 18.8 Å². The van der Waals surface area contributed by atoms with Crippen molar-refractivity contribution >= 4 is 21.7 Å². The highest BCUT2D eigenvalue weighted by Gasteiger charge is 2.37. The lowest BCUT2D eigenvalue weighted by molar-refractivity contribution is -0.128. The number of benzene rings is 2. The molecule has 7 nitrogen and oxygen atoms in total. The predicted octanol–water partition coefficient (Wildman–Crippen LogP) is 4.75. The largest absolute Gasteiger partial charge is 0.330 e. The van der Waals surface area contributed by atoms with Crippen LogP contribution in [-0.4, -0.2) is 61.5 Å². The molecule has 40 heavy (non-hydrogen) atoms. The number of hydrogen-bond acceptors (Lipinski definition) is 6. The third-order valence-electron chi connectivity index (χ3n) is 8.59. The van der Waals surface area contributed by atoms with E-state index in [1.807, 2.05) is 26.8 Å². The van der Waals surface area contributed by atoms with E-state index in [2.05, 4.69) is 17.0 Å². The fourth-order valence-corrected chi connectivity index (χ4v) is 7.78. The lowest BCUT2D eigenvalue weighted by Crippen LogP contribution is -2.46. The molecule has 0 radical (unpaired) electrons. The van der Waals surface area contributed by atoms with Crippen molar-refractivity contribution in [3.63, 3.8) is 0 Å². The number of sulfonamides is 1. The van der Waals surface area contributed by atoms with Crippen molar-refractivity contribution in [1.82, 2.24) is 9.21 Å². The van der Waals surface area contributed by atoms with E-state index in [4.69, 9.17) is 5.73 Å². The fourth-order valence-electron chi connectivity index (χ4n) is 6.11. The molecule has 2 aromatic rings. The van der Waals surface area contributed by atoms with Gasteiger partial charge in [-0.1, -0.05) is 43.7 Å². The first-order valence-electron chi connectivity index (χ1n) is 14.8. The van der Waals surface area contributed by atoms with Crippen LogP contribution >= 0.6 is 0 Å². The zero-order valence-electron chi connectivity index (χ0n) is 24.3. The Labute approximate surface area is 240 Å². The van der Waals surface area contributed by atoms with Crippen LogP contribution in [0, 0.1) is 18.8 Å². The zero-order valence-corrected chi connectivity index (χ0v) is 25.1. The van der Waals surface area contributed by atoms with E-state index < -0.39 is 15.9 Å². The first kappa shape index (κ1) is 30.4. The smallest absolute Gasteiger partial charge is 0.266 e. The summed E-state index contributed by atoms with van der Waals surface area (Å²) in [4.78, 5) is 28.1. The third-order valence-corrected chi connectivity index (χ3v) is 10.5. The van der Waals surface area contributed by atoms with E-state index >= 15 is 0 Å². The van der Waals surface area contributed by atoms with Crippen molar-refractivity contribution < 1.29 is 18.0 Å². The number of fused-ring (bicyclic) bond motifs is 1. The summed E-state index contributed by atoms with van der Waals surface area (Å²) < 4.78 is 28.2. The van der Waals surface area contributed by atoms with Gasteiger partial charge in [-0.05, 0) is 93.7 Å². The van der Waals surface area contributed by atoms with Crippen LogP contribution in [0.1, 0.15) is 79.4 Å². The molecule has 4 rings (SSSR count). The van der Waals surface area contributed by atoms with Gasteiger partial charge in [0.2, 0.25) is 5.91 Å². The summed E-state index contributed by atoms with van der Waals surface area (Å²) in [5, 5.41) is 0. The number of carbonyl (C=O) groups is 2. The summed E-state index contributed by atoms with van der Waals surface area (Å²) in [5.41, 5.74) is 10.1. The second-order valence-electron chi connectivity index (χ2n) is 11.9. The van der Waals surface area contributed by atoms with Gasteiger partial charge in [-0.15, -0.1) is 0 Å². The van der Waals surface area contributed by atoms with Gasteiger partial charge in [0.25, 0.3) is 10.0 Å². The second kappa shape index (κ2) is 13.4. The number of aryl methyl sites for hydroxylation is 1. The maximum atomic E-state index is 13.5. The standard InChI is InChI=1S/C32H45N3O4S/c1-23(2)32(37)28-9-8-26-16-20-34(21-17-27(26)22-28)19-15-25-6-10-29(11-7-25)35(31(36)14-18-33)40(38,39)30-12-4-24(3)5-13-30/h4-5,8-9,12-13,22-23,25,29H,6-7,10-11,14-21,33H2,1-3H3. The summed E-state index contributed by atoms with van der Waals surface area (Å²) in [5.74, 6) is 0.318. The maximum Gasteiger partial charge on any atom is 0.266 e. The van der Waals surface area contributed by atoms with Gasteiger partial charge in [0.1, 0.15) is 0 Å². The number of rotatable bonds is 10. The van der Waals surface area contributed by atoms with E-state index in [1.54, 1.807) is 24.3 Å². The van der Waals surface area contributed by atoms with Crippen molar-refractivity contribution in [2.75, 3.05) is 26.2 Å². The van der Waals surface area contributed by atoms with Crippen molar-refractivity contribution in [1.29, 1.82) is 0 Å². The zero-order chi connectivity index (χ0) is 28.9. The Morgan fingerprint density at radius 1 is 0.975 bits per heavy atom. The normalized spacial score (nSPS) is 20.1. The van der Waals surface area contributed by atoms with Crippen LogP contribution in [0.5, 0.6) is 0 Å². The second-order valence-corrected chi connectivity index (χ2v) is 13.7. The highest BCUT2D eigenvalue weighted by atomic mass is 32.2. The first-order valence-corrected chi connectivity index (χ1v) is 16.3. The van der Waals surface area contributed by atoms with Gasteiger partial charge >= 0.3 is 0 Å². The van der Waals surface area contributed by atoms with Crippen LogP contribution in [-0.2, 0) is 27.7 Å². The molecule has 1 amide bonds. The number of Topliss-reactive ketones (excluding diaryl/α,β-unsaturated/α-hetero) is 1. The van der Waals surface area contributed by atoms with Gasteiger partial charge in [0, 0.05) is 43.6 Å². The molecule has 1 aliphatic carbocycles. The summed E-state index contributed by atoms with van der Waals surface area (Å²) in [6, 6.07) is 12.6. The van der Waals surface area contributed by atoms with Crippen LogP contribution < -0.4 is 5.73 Å². The fraction of sp³-hybridized carbons (Fsp3) is 0.562. The topological polar surface area (TPSA) is 101 Å². The molecule has 2 aliphatic rings. The van der Waals surface area contributed by atoms with Crippen molar-refractivity contribution in [2.24, 2.45) is 17.6 Å². The Morgan fingerprint density at radius 3 is 2.25 bits per heavy atom. The molecule has 1 saturated carbocycles. The molecule has 1 heterocycles. The minimum Gasteiger partial charge on any atom is -0.330 e. The molecular weight excluding hydrogens is 522 g/mol. The van der Waals surface area contributed by atoms with E-state index in [-0.39, 0.29) is 35.6 Å². The Kier molecular flexibility index (Phi) is 10.2. The van der Waals surface area contributed by atoms with Gasteiger partial charge in [-0.2, -0.15) is 0 Å². The number of nitrogens with two attached hydrogens (primary N) is 1. The highest BCUT2D eigenvalue weighted by molar-refractivity contribution is 7.89. The minimum atomic E-state index is -3.93. The van der Waals surface area contributed by atoms with Crippen molar-refractivity contribution in [2.45, 2.75) is 83.1 Å². The van der Waals surface area contributed by atoms with Gasteiger partial charge in [-0.3, -0.25) is 9.59 Å². The number of ketones is 1. The molecule has 0 atom stereocenters. The molecular formula is C32H45N3O4S. The summed E-state index contributed by atoms with van der Waals surface area (Å²) in [6.07, 6.45) is 6.24. The van der Waals surface area contributed by atoms with Gasteiger partial charge in [-0.25, -0.2) is 12.7 Å². The number of nitrogens with zero attached hydrogens (tertiary/aromatic N) is 2. The lowest BCUT2D eigenvalue weighted by Gasteiger charge is -2.36. The average Bonchev–Trinajstić information content (AvgIpc) is 3.14. The Hall–Kier alpha value is -2.55. The van der Waals surface area contributed by atoms with Gasteiger partial charge < -0.3 is 10.6 Å².